The highest BCUT2D eigenvalue weighted by molar-refractivity contribution is 5.97. The number of nitrogens with one attached hydrogen (secondary N) is 1. The van der Waals surface area contributed by atoms with Gasteiger partial charge in [-0.25, -0.2) is 0 Å². The molecule has 0 aliphatic rings. The summed E-state index contributed by atoms with van der Waals surface area (Å²) in [4.78, 5) is 12.5. The van der Waals surface area contributed by atoms with Gasteiger partial charge in [0.25, 0.3) is 5.91 Å². The maximum absolute atomic E-state index is 12.5. The Hall–Kier alpha value is -1.59. The van der Waals surface area contributed by atoms with E-state index in [4.69, 9.17) is 14.2 Å². The average Bonchev–Trinajstić information content (AvgIpc) is 2.56. The Balaban J connectivity index is 2.57. The number of anilines is 1. The van der Waals surface area contributed by atoms with Crippen molar-refractivity contribution >= 4 is 11.6 Å². The van der Waals surface area contributed by atoms with Crippen molar-refractivity contribution in [1.82, 2.24) is 0 Å². The molecule has 0 saturated carbocycles. The maximum Gasteiger partial charge on any atom is 0.256 e. The van der Waals surface area contributed by atoms with Crippen LogP contribution in [0.4, 0.5) is 5.69 Å². The Labute approximate surface area is 139 Å². The van der Waals surface area contributed by atoms with Gasteiger partial charge < -0.3 is 19.5 Å². The second kappa shape index (κ2) is 10.2. The van der Waals surface area contributed by atoms with Crippen molar-refractivity contribution in [3.8, 4) is 5.75 Å². The molecule has 1 rings (SSSR count). The molecule has 0 fully saturated rings. The van der Waals surface area contributed by atoms with Crippen LogP contribution in [-0.2, 0) is 14.3 Å². The molecule has 0 aromatic heterocycles. The number of carbonyl (C=O) groups excluding carboxylic acids is 1. The van der Waals surface area contributed by atoms with Crippen LogP contribution >= 0.6 is 0 Å². The zero-order valence-electron chi connectivity index (χ0n) is 14.7. The van der Waals surface area contributed by atoms with Gasteiger partial charge in [0.05, 0.1) is 6.61 Å². The zero-order valence-corrected chi connectivity index (χ0v) is 14.7. The molecule has 0 bridgehead atoms. The van der Waals surface area contributed by atoms with E-state index in [9.17, 15) is 4.79 Å². The molecule has 1 aromatic carbocycles. The van der Waals surface area contributed by atoms with E-state index in [1.165, 1.54) is 0 Å². The lowest BCUT2D eigenvalue weighted by Gasteiger charge is -2.27. The van der Waals surface area contributed by atoms with Crippen molar-refractivity contribution in [3.05, 3.63) is 24.3 Å². The number of amides is 1. The van der Waals surface area contributed by atoms with E-state index in [0.29, 0.717) is 19.6 Å². The first-order valence-corrected chi connectivity index (χ1v) is 8.14. The molecule has 130 valence electrons. The Morgan fingerprint density at radius 2 is 1.83 bits per heavy atom. The minimum atomic E-state index is -0.803. The normalized spacial score (nSPS) is 13.4. The molecule has 5 heteroatoms. The van der Waals surface area contributed by atoms with Crippen molar-refractivity contribution in [2.24, 2.45) is 0 Å². The van der Waals surface area contributed by atoms with Gasteiger partial charge in [0, 0.05) is 19.9 Å². The van der Waals surface area contributed by atoms with Crippen LogP contribution in [0.1, 0.15) is 39.5 Å². The summed E-state index contributed by atoms with van der Waals surface area (Å²) >= 11 is 0. The molecule has 0 heterocycles. The van der Waals surface area contributed by atoms with Crippen molar-refractivity contribution < 1.29 is 19.0 Å². The third-order valence-electron chi connectivity index (χ3n) is 3.86. The van der Waals surface area contributed by atoms with Gasteiger partial charge in [-0.05, 0) is 37.6 Å². The van der Waals surface area contributed by atoms with Gasteiger partial charge in [0.2, 0.25) is 0 Å². The number of hydrogen-bond donors (Lipinski definition) is 1. The maximum atomic E-state index is 12.5. The van der Waals surface area contributed by atoms with E-state index in [0.717, 1.165) is 30.7 Å². The molecule has 0 aliphatic heterocycles. The highest BCUT2D eigenvalue weighted by atomic mass is 16.5. The first kappa shape index (κ1) is 19.5. The van der Waals surface area contributed by atoms with Crippen LogP contribution in [0.3, 0.4) is 0 Å². The predicted molar refractivity (Wildman–Crippen MR) is 92.0 cm³/mol. The fraction of sp³-hybridized carbons (Fsp3) is 0.611. The molecule has 23 heavy (non-hydrogen) atoms. The summed E-state index contributed by atoms with van der Waals surface area (Å²) in [6, 6.07) is 7.29. The Morgan fingerprint density at radius 3 is 2.39 bits per heavy atom. The van der Waals surface area contributed by atoms with Gasteiger partial charge in [-0.15, -0.1) is 0 Å². The largest absolute Gasteiger partial charge is 0.491 e. The lowest BCUT2D eigenvalue weighted by Crippen LogP contribution is -2.41. The number of unbranched alkanes of at least 4 members (excludes halogenated alkanes) is 2. The number of methoxy groups -OCH3 is 2. The van der Waals surface area contributed by atoms with E-state index >= 15 is 0 Å². The molecule has 0 aliphatic carbocycles. The minimum absolute atomic E-state index is 0.121. The highest BCUT2D eigenvalue weighted by Crippen LogP contribution is 2.22. The average molecular weight is 323 g/mol. The SMILES string of the molecule is CCCCC[C@@](C)(OC)C(=O)Nc1ccc(OCCOC)cc1. The third-order valence-corrected chi connectivity index (χ3v) is 3.86. The zero-order chi connectivity index (χ0) is 17.1. The van der Waals surface area contributed by atoms with Gasteiger partial charge in [0.15, 0.2) is 0 Å². The van der Waals surface area contributed by atoms with Gasteiger partial charge >= 0.3 is 0 Å². The van der Waals surface area contributed by atoms with Crippen LogP contribution in [0.2, 0.25) is 0 Å². The first-order chi connectivity index (χ1) is 11.1. The molecule has 0 radical (unpaired) electrons. The molecule has 1 N–H and O–H groups in total. The lowest BCUT2D eigenvalue weighted by molar-refractivity contribution is -0.136. The van der Waals surface area contributed by atoms with E-state index in [1.807, 2.05) is 31.2 Å². The summed E-state index contributed by atoms with van der Waals surface area (Å²) < 4.78 is 15.9. The fourth-order valence-corrected chi connectivity index (χ4v) is 2.16. The summed E-state index contributed by atoms with van der Waals surface area (Å²) in [5.41, 5.74) is -0.0733. The molecule has 1 atom stereocenters. The second-order valence-electron chi connectivity index (χ2n) is 5.71. The molecule has 1 amide bonds. The number of carbonyl (C=O) groups is 1. The van der Waals surface area contributed by atoms with Gasteiger partial charge in [-0.3, -0.25) is 4.79 Å². The number of ether oxygens (including phenoxy) is 3. The predicted octanol–water partition coefficient (Wildman–Crippen LogP) is 3.64. The lowest BCUT2D eigenvalue weighted by atomic mass is 9.97. The van der Waals surface area contributed by atoms with Gasteiger partial charge in [-0.1, -0.05) is 26.2 Å². The number of benzene rings is 1. The fourth-order valence-electron chi connectivity index (χ4n) is 2.16. The molecule has 5 nitrogen and oxygen atoms in total. The standard InChI is InChI=1S/C18H29NO4/c1-5-6-7-12-18(2,22-4)17(20)19-15-8-10-16(11-9-15)23-14-13-21-3/h8-11H,5-7,12-14H2,1-4H3,(H,19,20)/t18-/m1/s1. The van der Waals surface area contributed by atoms with Crippen molar-refractivity contribution in [2.75, 3.05) is 32.8 Å². The molecule has 0 saturated heterocycles. The van der Waals surface area contributed by atoms with Crippen LogP contribution < -0.4 is 10.1 Å². The Morgan fingerprint density at radius 1 is 1.13 bits per heavy atom. The first-order valence-electron chi connectivity index (χ1n) is 8.14. The van der Waals surface area contributed by atoms with Gasteiger partial charge in [-0.2, -0.15) is 0 Å². The summed E-state index contributed by atoms with van der Waals surface area (Å²) in [6.45, 7) is 5.02. The summed E-state index contributed by atoms with van der Waals surface area (Å²) in [5, 5.41) is 2.91. The minimum Gasteiger partial charge on any atom is -0.491 e. The van der Waals surface area contributed by atoms with Crippen LogP contribution in [0, 0.1) is 0 Å². The third kappa shape index (κ3) is 6.59. The highest BCUT2D eigenvalue weighted by Gasteiger charge is 2.32. The molecule has 0 unspecified atom stereocenters. The number of hydrogen-bond acceptors (Lipinski definition) is 4. The summed E-state index contributed by atoms with van der Waals surface area (Å²) in [5.74, 6) is 0.627. The molecular formula is C18H29NO4. The van der Waals surface area contributed by atoms with Crippen LogP contribution in [0.15, 0.2) is 24.3 Å². The smallest absolute Gasteiger partial charge is 0.256 e. The molecular weight excluding hydrogens is 294 g/mol. The molecule has 1 aromatic rings. The van der Waals surface area contributed by atoms with Crippen molar-refractivity contribution in [1.29, 1.82) is 0 Å². The number of rotatable bonds is 11. The van der Waals surface area contributed by atoms with E-state index in [-0.39, 0.29) is 5.91 Å². The van der Waals surface area contributed by atoms with Crippen LogP contribution in [0.25, 0.3) is 0 Å². The Kier molecular flexibility index (Phi) is 8.66. The van der Waals surface area contributed by atoms with Crippen molar-refractivity contribution in [3.63, 3.8) is 0 Å². The van der Waals surface area contributed by atoms with E-state index < -0.39 is 5.60 Å². The van der Waals surface area contributed by atoms with Crippen LogP contribution in [0.5, 0.6) is 5.75 Å². The second-order valence-corrected chi connectivity index (χ2v) is 5.71. The quantitative estimate of drug-likeness (QED) is 0.632. The monoisotopic (exact) mass is 323 g/mol. The van der Waals surface area contributed by atoms with Crippen molar-refractivity contribution in [2.45, 2.75) is 45.1 Å². The Bertz CT molecular complexity index is 461. The summed E-state index contributed by atoms with van der Waals surface area (Å²) in [6.07, 6.45) is 3.90. The molecule has 0 spiro atoms. The van der Waals surface area contributed by atoms with Gasteiger partial charge in [0.1, 0.15) is 18.0 Å². The van der Waals surface area contributed by atoms with E-state index in [1.54, 1.807) is 14.2 Å². The van der Waals surface area contributed by atoms with E-state index in [2.05, 4.69) is 12.2 Å². The summed E-state index contributed by atoms with van der Waals surface area (Å²) in [7, 11) is 3.22. The van der Waals surface area contributed by atoms with Crippen LogP contribution in [-0.4, -0.2) is 38.9 Å². The topological polar surface area (TPSA) is 56.8 Å².